The molecule has 7 nitrogen and oxygen atoms in total. The van der Waals surface area contributed by atoms with Crippen LogP contribution < -0.4 is 5.56 Å². The van der Waals surface area contributed by atoms with Crippen LogP contribution in [-0.2, 0) is 32.9 Å². The quantitative estimate of drug-likeness (QED) is 0.750. The molecule has 1 saturated heterocycles. The Hall–Kier alpha value is -1.99. The molecule has 0 atom stereocenters. The van der Waals surface area contributed by atoms with E-state index in [0.717, 1.165) is 70.0 Å². The summed E-state index contributed by atoms with van der Waals surface area (Å²) in [7, 11) is 2.05. The van der Waals surface area contributed by atoms with Crippen LogP contribution in [0.15, 0.2) is 23.3 Å². The van der Waals surface area contributed by atoms with Crippen LogP contribution in [0.4, 0.5) is 0 Å². The summed E-state index contributed by atoms with van der Waals surface area (Å²) in [6.45, 7) is 6.93. The standard InChI is InChI=1S/C20H30N6O/c1-23-9-7-21-19(23)6-8-24-10-12-25(13-11-24)14-15-26-20(27)16-17-4-2-3-5-18(17)22-26/h7,9,16H,2-6,8,10-15H2,1H3. The maximum absolute atomic E-state index is 12.3. The Labute approximate surface area is 160 Å². The van der Waals surface area contributed by atoms with Gasteiger partial charge in [0.15, 0.2) is 0 Å². The molecule has 0 saturated carbocycles. The van der Waals surface area contributed by atoms with Gasteiger partial charge in [0.05, 0.1) is 12.2 Å². The van der Waals surface area contributed by atoms with E-state index in [2.05, 4.69) is 31.5 Å². The average Bonchev–Trinajstić information content (AvgIpc) is 3.10. The summed E-state index contributed by atoms with van der Waals surface area (Å²) in [5.41, 5.74) is 2.37. The van der Waals surface area contributed by atoms with Gasteiger partial charge in [0.1, 0.15) is 5.82 Å². The summed E-state index contributed by atoms with van der Waals surface area (Å²) in [5.74, 6) is 1.15. The molecule has 0 amide bonds. The third kappa shape index (κ3) is 4.47. The Kier molecular flexibility index (Phi) is 5.69. The van der Waals surface area contributed by atoms with E-state index in [1.165, 1.54) is 18.4 Å². The lowest BCUT2D eigenvalue weighted by atomic mass is 9.97. The van der Waals surface area contributed by atoms with E-state index in [-0.39, 0.29) is 5.56 Å². The molecule has 1 aliphatic carbocycles. The van der Waals surface area contributed by atoms with Crippen LogP contribution in [0, 0.1) is 0 Å². The highest BCUT2D eigenvalue weighted by Gasteiger charge is 2.18. The van der Waals surface area contributed by atoms with Gasteiger partial charge in [-0.2, -0.15) is 5.10 Å². The first-order chi connectivity index (χ1) is 13.2. The molecular formula is C20H30N6O. The first-order valence-corrected chi connectivity index (χ1v) is 10.2. The van der Waals surface area contributed by atoms with E-state index in [4.69, 9.17) is 0 Å². The molecule has 2 aromatic heterocycles. The fourth-order valence-electron chi connectivity index (χ4n) is 4.13. The number of aryl methyl sites for hydroxylation is 3. The number of aromatic nitrogens is 4. The minimum Gasteiger partial charge on any atom is -0.338 e. The van der Waals surface area contributed by atoms with Crippen molar-refractivity contribution in [1.29, 1.82) is 0 Å². The normalized spacial score (nSPS) is 18.6. The third-order valence-electron chi connectivity index (χ3n) is 5.94. The van der Waals surface area contributed by atoms with Crippen molar-refractivity contribution >= 4 is 0 Å². The second-order valence-corrected chi connectivity index (χ2v) is 7.77. The van der Waals surface area contributed by atoms with Gasteiger partial charge in [-0.05, 0) is 31.2 Å². The Morgan fingerprint density at radius 3 is 2.48 bits per heavy atom. The molecule has 1 fully saturated rings. The number of hydrogen-bond acceptors (Lipinski definition) is 5. The maximum Gasteiger partial charge on any atom is 0.267 e. The van der Waals surface area contributed by atoms with Gasteiger partial charge in [0, 0.05) is 71.2 Å². The van der Waals surface area contributed by atoms with Crippen LogP contribution >= 0.6 is 0 Å². The summed E-state index contributed by atoms with van der Waals surface area (Å²) in [6.07, 6.45) is 9.27. The Bertz CT molecular complexity index is 818. The predicted molar refractivity (Wildman–Crippen MR) is 105 cm³/mol. The molecule has 146 valence electrons. The molecule has 4 rings (SSSR count). The highest BCUT2D eigenvalue weighted by atomic mass is 16.1. The summed E-state index contributed by atoms with van der Waals surface area (Å²) < 4.78 is 3.77. The number of hydrogen-bond donors (Lipinski definition) is 0. The van der Waals surface area contributed by atoms with Crippen LogP contribution in [0.5, 0.6) is 0 Å². The molecule has 0 spiro atoms. The summed E-state index contributed by atoms with van der Waals surface area (Å²) in [5, 5.41) is 4.64. The van der Waals surface area contributed by atoms with Crippen molar-refractivity contribution in [3.63, 3.8) is 0 Å². The van der Waals surface area contributed by atoms with E-state index < -0.39 is 0 Å². The molecular weight excluding hydrogens is 340 g/mol. The zero-order valence-corrected chi connectivity index (χ0v) is 16.3. The van der Waals surface area contributed by atoms with Gasteiger partial charge >= 0.3 is 0 Å². The van der Waals surface area contributed by atoms with E-state index in [9.17, 15) is 4.79 Å². The van der Waals surface area contributed by atoms with Crippen molar-refractivity contribution < 1.29 is 0 Å². The molecule has 0 unspecified atom stereocenters. The molecule has 0 aromatic carbocycles. The van der Waals surface area contributed by atoms with Crippen molar-refractivity contribution in [2.45, 2.75) is 38.6 Å². The molecule has 3 heterocycles. The summed E-state index contributed by atoms with van der Waals surface area (Å²) in [6, 6.07) is 1.82. The molecule has 2 aromatic rings. The van der Waals surface area contributed by atoms with Gasteiger partial charge in [-0.3, -0.25) is 9.69 Å². The smallest absolute Gasteiger partial charge is 0.267 e. The van der Waals surface area contributed by atoms with Gasteiger partial charge in [0.2, 0.25) is 0 Å². The SMILES string of the molecule is Cn1ccnc1CCN1CCN(CCn2nc3c(cc2=O)CCCC3)CC1. The van der Waals surface area contributed by atoms with Crippen LogP contribution in [0.25, 0.3) is 0 Å². The first kappa shape index (κ1) is 18.4. The minimum absolute atomic E-state index is 0.0596. The van der Waals surface area contributed by atoms with E-state index >= 15 is 0 Å². The monoisotopic (exact) mass is 370 g/mol. The highest BCUT2D eigenvalue weighted by molar-refractivity contribution is 5.20. The van der Waals surface area contributed by atoms with E-state index in [1.807, 2.05) is 18.5 Å². The topological polar surface area (TPSA) is 59.2 Å². The van der Waals surface area contributed by atoms with Crippen LogP contribution in [0.1, 0.15) is 29.9 Å². The Balaban J connectivity index is 1.24. The van der Waals surface area contributed by atoms with Gasteiger partial charge in [0.25, 0.3) is 5.56 Å². The van der Waals surface area contributed by atoms with Crippen LogP contribution in [0.2, 0.25) is 0 Å². The summed E-state index contributed by atoms with van der Waals surface area (Å²) in [4.78, 5) is 21.7. The van der Waals surface area contributed by atoms with Gasteiger partial charge in [-0.1, -0.05) is 0 Å². The van der Waals surface area contributed by atoms with Crippen molar-refractivity contribution in [3.8, 4) is 0 Å². The Morgan fingerprint density at radius 2 is 1.74 bits per heavy atom. The highest BCUT2D eigenvalue weighted by Crippen LogP contribution is 2.16. The number of rotatable bonds is 6. The number of imidazole rings is 1. The van der Waals surface area contributed by atoms with Crippen molar-refractivity contribution in [2.75, 3.05) is 39.3 Å². The molecule has 27 heavy (non-hydrogen) atoms. The Morgan fingerprint density at radius 1 is 1.00 bits per heavy atom. The molecule has 0 N–H and O–H groups in total. The number of piperazine rings is 1. The maximum atomic E-state index is 12.3. The number of nitrogens with zero attached hydrogens (tertiary/aromatic N) is 6. The van der Waals surface area contributed by atoms with Crippen LogP contribution in [-0.4, -0.2) is 68.4 Å². The second-order valence-electron chi connectivity index (χ2n) is 7.77. The lowest BCUT2D eigenvalue weighted by Gasteiger charge is -2.34. The summed E-state index contributed by atoms with van der Waals surface area (Å²) >= 11 is 0. The third-order valence-corrected chi connectivity index (χ3v) is 5.94. The first-order valence-electron chi connectivity index (χ1n) is 10.2. The zero-order chi connectivity index (χ0) is 18.6. The van der Waals surface area contributed by atoms with Gasteiger partial charge in [-0.25, -0.2) is 9.67 Å². The van der Waals surface area contributed by atoms with Crippen molar-refractivity contribution in [2.24, 2.45) is 7.05 Å². The largest absolute Gasteiger partial charge is 0.338 e. The molecule has 0 radical (unpaired) electrons. The van der Waals surface area contributed by atoms with Crippen molar-refractivity contribution in [1.82, 2.24) is 29.1 Å². The molecule has 2 aliphatic rings. The van der Waals surface area contributed by atoms with E-state index in [0.29, 0.717) is 6.54 Å². The lowest BCUT2D eigenvalue weighted by molar-refractivity contribution is 0.128. The van der Waals surface area contributed by atoms with E-state index in [1.54, 1.807) is 4.68 Å². The number of fused-ring (bicyclic) bond motifs is 1. The zero-order valence-electron chi connectivity index (χ0n) is 16.3. The van der Waals surface area contributed by atoms with Gasteiger partial charge in [-0.15, -0.1) is 0 Å². The molecule has 1 aliphatic heterocycles. The molecule has 7 heteroatoms. The molecule has 0 bridgehead atoms. The second kappa shape index (κ2) is 8.35. The fraction of sp³-hybridized carbons (Fsp3) is 0.650. The lowest BCUT2D eigenvalue weighted by Crippen LogP contribution is -2.48. The van der Waals surface area contributed by atoms with Crippen molar-refractivity contribution in [3.05, 3.63) is 45.9 Å². The minimum atomic E-state index is 0.0596. The average molecular weight is 371 g/mol. The fourth-order valence-corrected chi connectivity index (χ4v) is 4.13. The van der Waals surface area contributed by atoms with Gasteiger partial charge < -0.3 is 9.47 Å². The van der Waals surface area contributed by atoms with Crippen LogP contribution in [0.3, 0.4) is 0 Å². The predicted octanol–water partition coefficient (Wildman–Crippen LogP) is 0.716.